The molecule has 5 aromatic rings. The highest BCUT2D eigenvalue weighted by Crippen LogP contribution is 2.30. The van der Waals surface area contributed by atoms with Crippen LogP contribution >= 0.6 is 0 Å². The van der Waals surface area contributed by atoms with Crippen LogP contribution in [-0.2, 0) is 17.9 Å². The third-order valence-electron chi connectivity index (χ3n) is 5.64. The second-order valence-electron chi connectivity index (χ2n) is 8.27. The quantitative estimate of drug-likeness (QED) is 0.402. The van der Waals surface area contributed by atoms with Gasteiger partial charge in [0.25, 0.3) is 0 Å². The zero-order chi connectivity index (χ0) is 23.7. The number of rotatable bonds is 6. The van der Waals surface area contributed by atoms with E-state index in [9.17, 15) is 9.18 Å². The van der Waals surface area contributed by atoms with Gasteiger partial charge in [0.15, 0.2) is 5.65 Å². The molecule has 0 bridgehead atoms. The van der Waals surface area contributed by atoms with Crippen molar-refractivity contribution in [1.82, 2.24) is 24.5 Å². The van der Waals surface area contributed by atoms with Gasteiger partial charge in [-0.15, -0.1) is 0 Å². The molecule has 0 spiro atoms. The average molecular weight is 455 g/mol. The van der Waals surface area contributed by atoms with Gasteiger partial charge in [0, 0.05) is 17.8 Å². The number of carbonyl (C=O) groups is 1. The van der Waals surface area contributed by atoms with Crippen molar-refractivity contribution in [1.29, 1.82) is 0 Å². The molecule has 0 fully saturated rings. The number of amides is 1. The van der Waals surface area contributed by atoms with Crippen molar-refractivity contribution in [3.05, 3.63) is 95.8 Å². The molecule has 0 saturated heterocycles. The summed E-state index contributed by atoms with van der Waals surface area (Å²) in [4.78, 5) is 17.2. The van der Waals surface area contributed by atoms with Gasteiger partial charge in [0.05, 0.1) is 24.1 Å². The van der Waals surface area contributed by atoms with Gasteiger partial charge < -0.3 is 5.32 Å². The molecule has 8 heteroatoms. The molecule has 0 aliphatic heterocycles. The van der Waals surface area contributed by atoms with Gasteiger partial charge in [-0.3, -0.25) is 9.48 Å². The normalized spacial score (nSPS) is 11.1. The summed E-state index contributed by atoms with van der Waals surface area (Å²) in [5.74, 6) is -0.520. The maximum atomic E-state index is 13.4. The Bertz CT molecular complexity index is 1470. The Morgan fingerprint density at radius 3 is 2.56 bits per heavy atom. The minimum absolute atomic E-state index is 0.00729. The van der Waals surface area contributed by atoms with E-state index in [0.717, 1.165) is 27.8 Å². The van der Waals surface area contributed by atoms with Crippen LogP contribution in [-0.4, -0.2) is 30.5 Å². The van der Waals surface area contributed by atoms with Crippen LogP contribution in [0, 0.1) is 19.7 Å². The summed E-state index contributed by atoms with van der Waals surface area (Å²) in [5, 5.41) is 12.6. The van der Waals surface area contributed by atoms with Gasteiger partial charge in [-0.1, -0.05) is 42.0 Å². The number of anilines is 1. The van der Waals surface area contributed by atoms with E-state index in [1.54, 1.807) is 40.1 Å². The smallest absolute Gasteiger partial charge is 0.246 e. The van der Waals surface area contributed by atoms with Crippen molar-refractivity contribution < 1.29 is 9.18 Å². The lowest BCUT2D eigenvalue weighted by atomic mass is 10.0. The molecule has 0 saturated carbocycles. The van der Waals surface area contributed by atoms with E-state index in [4.69, 9.17) is 0 Å². The Kier molecular flexibility index (Phi) is 5.63. The second kappa shape index (κ2) is 8.90. The van der Waals surface area contributed by atoms with Gasteiger partial charge in [-0.25, -0.2) is 14.1 Å². The van der Waals surface area contributed by atoms with Gasteiger partial charge in [-0.2, -0.15) is 10.2 Å². The lowest BCUT2D eigenvalue weighted by molar-refractivity contribution is -0.116. The van der Waals surface area contributed by atoms with E-state index in [0.29, 0.717) is 17.9 Å². The topological polar surface area (TPSA) is 77.6 Å². The Hall–Kier alpha value is -4.33. The standard InChI is InChI=1S/C26H23FN6O/c1-17-3-5-19(6-4-17)14-32-15-22(13-29-32)30-24(34)16-33-26-25(18(2)31-33)23(11-12-28-26)20-7-9-21(27)10-8-20/h3-13,15H,14,16H2,1-2H3,(H,30,34). The third-order valence-corrected chi connectivity index (χ3v) is 5.64. The van der Waals surface area contributed by atoms with Crippen LogP contribution in [0.5, 0.6) is 0 Å². The summed E-state index contributed by atoms with van der Waals surface area (Å²) in [6.07, 6.45) is 5.10. The first-order chi connectivity index (χ1) is 16.5. The number of carbonyl (C=O) groups excluding carboxylic acids is 1. The van der Waals surface area contributed by atoms with Crippen LogP contribution in [0.15, 0.2) is 73.2 Å². The van der Waals surface area contributed by atoms with Crippen LogP contribution < -0.4 is 5.32 Å². The van der Waals surface area contributed by atoms with Gasteiger partial charge in [0.2, 0.25) is 5.91 Å². The summed E-state index contributed by atoms with van der Waals surface area (Å²) >= 11 is 0. The number of nitrogens with one attached hydrogen (secondary N) is 1. The Morgan fingerprint density at radius 1 is 1.03 bits per heavy atom. The van der Waals surface area contributed by atoms with Gasteiger partial charge in [-0.05, 0) is 48.7 Å². The number of benzene rings is 2. The van der Waals surface area contributed by atoms with E-state index in [-0.39, 0.29) is 18.3 Å². The fourth-order valence-corrected chi connectivity index (χ4v) is 3.99. The molecule has 1 amide bonds. The van der Waals surface area contributed by atoms with Crippen molar-refractivity contribution >= 4 is 22.6 Å². The van der Waals surface area contributed by atoms with E-state index in [1.807, 2.05) is 13.0 Å². The SMILES string of the molecule is Cc1ccc(Cn2cc(NC(=O)Cn3nc(C)c4c(-c5ccc(F)cc5)ccnc43)cn2)cc1. The Labute approximate surface area is 195 Å². The maximum absolute atomic E-state index is 13.4. The molecule has 5 rings (SSSR count). The summed E-state index contributed by atoms with van der Waals surface area (Å²) in [6, 6.07) is 16.4. The molecule has 0 aliphatic rings. The summed E-state index contributed by atoms with van der Waals surface area (Å²) in [7, 11) is 0. The minimum atomic E-state index is -0.291. The molecule has 34 heavy (non-hydrogen) atoms. The zero-order valence-corrected chi connectivity index (χ0v) is 18.9. The van der Waals surface area contributed by atoms with Crippen LogP contribution in [0.4, 0.5) is 10.1 Å². The lowest BCUT2D eigenvalue weighted by Crippen LogP contribution is -2.19. The predicted molar refractivity (Wildman–Crippen MR) is 129 cm³/mol. The molecule has 3 aromatic heterocycles. The molecule has 2 aromatic carbocycles. The van der Waals surface area contributed by atoms with E-state index < -0.39 is 0 Å². The first-order valence-corrected chi connectivity index (χ1v) is 10.9. The van der Waals surface area contributed by atoms with Crippen molar-refractivity contribution in [2.24, 2.45) is 0 Å². The Balaban J connectivity index is 1.32. The van der Waals surface area contributed by atoms with Crippen molar-refractivity contribution in [3.8, 4) is 11.1 Å². The molecule has 0 unspecified atom stereocenters. The molecule has 0 radical (unpaired) electrons. The molecule has 7 nitrogen and oxygen atoms in total. The first kappa shape index (κ1) is 21.5. The predicted octanol–water partition coefficient (Wildman–Crippen LogP) is 4.74. The van der Waals surface area contributed by atoms with E-state index in [1.165, 1.54) is 17.7 Å². The largest absolute Gasteiger partial charge is 0.322 e. The zero-order valence-electron chi connectivity index (χ0n) is 18.9. The second-order valence-corrected chi connectivity index (χ2v) is 8.27. The minimum Gasteiger partial charge on any atom is -0.322 e. The van der Waals surface area contributed by atoms with Crippen LogP contribution in [0.2, 0.25) is 0 Å². The number of aromatic nitrogens is 5. The molecule has 0 aliphatic carbocycles. The highest BCUT2D eigenvalue weighted by Gasteiger charge is 2.16. The molecule has 1 N–H and O–H groups in total. The number of hydrogen-bond donors (Lipinski definition) is 1. The van der Waals surface area contributed by atoms with Crippen LogP contribution in [0.25, 0.3) is 22.2 Å². The molecule has 3 heterocycles. The molecule has 0 atom stereocenters. The number of fused-ring (bicyclic) bond motifs is 1. The van der Waals surface area contributed by atoms with Crippen molar-refractivity contribution in [2.75, 3.05) is 5.32 Å². The number of aryl methyl sites for hydroxylation is 2. The van der Waals surface area contributed by atoms with Gasteiger partial charge in [0.1, 0.15) is 12.4 Å². The highest BCUT2D eigenvalue weighted by molar-refractivity contribution is 5.96. The average Bonchev–Trinajstić information content (AvgIpc) is 3.39. The monoisotopic (exact) mass is 454 g/mol. The lowest BCUT2D eigenvalue weighted by Gasteiger charge is -2.06. The fourth-order valence-electron chi connectivity index (χ4n) is 3.99. The van der Waals surface area contributed by atoms with E-state index >= 15 is 0 Å². The summed E-state index contributed by atoms with van der Waals surface area (Å²) in [5.41, 5.74) is 6.07. The molecular weight excluding hydrogens is 431 g/mol. The maximum Gasteiger partial charge on any atom is 0.246 e. The van der Waals surface area contributed by atoms with Gasteiger partial charge >= 0.3 is 0 Å². The highest BCUT2D eigenvalue weighted by atomic mass is 19.1. The fraction of sp³-hybridized carbons (Fsp3) is 0.154. The molecule has 170 valence electrons. The van der Waals surface area contributed by atoms with E-state index in [2.05, 4.69) is 51.7 Å². The van der Waals surface area contributed by atoms with Crippen molar-refractivity contribution in [3.63, 3.8) is 0 Å². The number of nitrogens with zero attached hydrogens (tertiary/aromatic N) is 5. The first-order valence-electron chi connectivity index (χ1n) is 10.9. The summed E-state index contributed by atoms with van der Waals surface area (Å²) in [6.45, 7) is 4.55. The summed E-state index contributed by atoms with van der Waals surface area (Å²) < 4.78 is 16.7. The molecular formula is C26H23FN6O. The number of pyridine rings is 1. The Morgan fingerprint density at radius 2 is 1.79 bits per heavy atom. The number of halogens is 1. The number of hydrogen-bond acceptors (Lipinski definition) is 4. The van der Waals surface area contributed by atoms with Crippen molar-refractivity contribution in [2.45, 2.75) is 26.9 Å². The van der Waals surface area contributed by atoms with Crippen LogP contribution in [0.3, 0.4) is 0 Å². The van der Waals surface area contributed by atoms with Crippen LogP contribution in [0.1, 0.15) is 16.8 Å². The third kappa shape index (κ3) is 4.43.